The van der Waals surface area contributed by atoms with Gasteiger partial charge >= 0.3 is 0 Å². The van der Waals surface area contributed by atoms with Gasteiger partial charge < -0.3 is 16.0 Å². The Hall–Kier alpha value is -1.26. The van der Waals surface area contributed by atoms with E-state index in [1.54, 1.807) is 7.05 Å². The zero-order valence-electron chi connectivity index (χ0n) is 11.7. The topological polar surface area (TPSA) is 65.5 Å². The Labute approximate surface area is 104 Å². The number of carbonyl (C=O) groups excluding carboxylic acids is 1. The minimum atomic E-state index is -0.197. The highest BCUT2D eigenvalue weighted by Gasteiger charge is 2.13. The van der Waals surface area contributed by atoms with Gasteiger partial charge in [0.05, 0.1) is 6.54 Å². The van der Waals surface area contributed by atoms with Crippen molar-refractivity contribution in [1.29, 1.82) is 0 Å². The Morgan fingerprint density at radius 2 is 1.88 bits per heavy atom. The fourth-order valence-corrected chi connectivity index (χ4v) is 1.23. The molecule has 0 aliphatic heterocycles. The highest BCUT2D eigenvalue weighted by atomic mass is 16.2. The summed E-state index contributed by atoms with van der Waals surface area (Å²) in [5.74, 6) is 0.637. The minimum absolute atomic E-state index is 0.0315. The smallest absolute Gasteiger partial charge is 0.239 e. The van der Waals surface area contributed by atoms with E-state index in [0.717, 1.165) is 19.4 Å². The van der Waals surface area contributed by atoms with Crippen molar-refractivity contribution in [3.8, 4) is 0 Å². The number of rotatable bonds is 5. The third-order valence-corrected chi connectivity index (χ3v) is 1.98. The zero-order chi connectivity index (χ0) is 13.3. The highest BCUT2D eigenvalue weighted by molar-refractivity contribution is 5.86. The Bertz CT molecular complexity index is 256. The monoisotopic (exact) mass is 242 g/mol. The number of amides is 1. The quantitative estimate of drug-likeness (QED) is 0.381. The summed E-state index contributed by atoms with van der Waals surface area (Å²) < 4.78 is 0. The summed E-state index contributed by atoms with van der Waals surface area (Å²) in [6.45, 7) is 9.12. The van der Waals surface area contributed by atoms with Crippen molar-refractivity contribution in [3.63, 3.8) is 0 Å². The molecule has 0 spiro atoms. The van der Waals surface area contributed by atoms with Gasteiger partial charge in [-0.2, -0.15) is 0 Å². The SMILES string of the molecule is CCCCNC(=NC)NCC(=O)NC(C)(C)C. The molecule has 1 amide bonds. The van der Waals surface area contributed by atoms with E-state index in [4.69, 9.17) is 0 Å². The lowest BCUT2D eigenvalue weighted by Crippen LogP contribution is -2.48. The molecule has 0 aromatic rings. The van der Waals surface area contributed by atoms with E-state index in [9.17, 15) is 4.79 Å². The van der Waals surface area contributed by atoms with E-state index in [1.165, 1.54) is 0 Å². The van der Waals surface area contributed by atoms with Crippen LogP contribution >= 0.6 is 0 Å². The number of nitrogens with zero attached hydrogens (tertiary/aromatic N) is 1. The van der Waals surface area contributed by atoms with Crippen LogP contribution in [0.1, 0.15) is 40.5 Å². The normalized spacial score (nSPS) is 12.2. The maximum absolute atomic E-state index is 11.6. The summed E-state index contributed by atoms with van der Waals surface area (Å²) in [6.07, 6.45) is 2.23. The van der Waals surface area contributed by atoms with Crippen molar-refractivity contribution >= 4 is 11.9 Å². The van der Waals surface area contributed by atoms with E-state index in [2.05, 4.69) is 27.9 Å². The molecular formula is C12H26N4O. The first-order valence-corrected chi connectivity index (χ1v) is 6.14. The van der Waals surface area contributed by atoms with Crippen LogP contribution < -0.4 is 16.0 Å². The van der Waals surface area contributed by atoms with Crippen molar-refractivity contribution in [3.05, 3.63) is 0 Å². The van der Waals surface area contributed by atoms with Crippen LogP contribution in [0.15, 0.2) is 4.99 Å². The summed E-state index contributed by atoms with van der Waals surface area (Å²) in [7, 11) is 1.70. The molecule has 0 aromatic carbocycles. The molecule has 0 radical (unpaired) electrons. The standard InChI is InChI=1S/C12H26N4O/c1-6-7-8-14-11(13-5)15-9-10(17)16-12(2,3)4/h6-9H2,1-5H3,(H,16,17)(H2,13,14,15). The first kappa shape index (κ1) is 15.7. The molecule has 3 N–H and O–H groups in total. The number of guanidine groups is 1. The van der Waals surface area contributed by atoms with Crippen LogP contribution in [0.25, 0.3) is 0 Å². The zero-order valence-corrected chi connectivity index (χ0v) is 11.7. The van der Waals surface area contributed by atoms with E-state index in [0.29, 0.717) is 5.96 Å². The van der Waals surface area contributed by atoms with Crippen molar-refractivity contribution < 1.29 is 4.79 Å². The lowest BCUT2D eigenvalue weighted by molar-refractivity contribution is -0.121. The van der Waals surface area contributed by atoms with Gasteiger partial charge in [0, 0.05) is 19.1 Å². The van der Waals surface area contributed by atoms with E-state index in [1.807, 2.05) is 20.8 Å². The summed E-state index contributed by atoms with van der Waals surface area (Å²) in [5.41, 5.74) is -0.197. The largest absolute Gasteiger partial charge is 0.356 e. The molecule has 0 aliphatic carbocycles. The number of aliphatic imine (C=N–C) groups is 1. The average molecular weight is 242 g/mol. The number of hydrogen-bond donors (Lipinski definition) is 3. The Morgan fingerprint density at radius 1 is 1.24 bits per heavy atom. The van der Waals surface area contributed by atoms with Crippen molar-refractivity contribution in [2.75, 3.05) is 20.1 Å². The lowest BCUT2D eigenvalue weighted by Gasteiger charge is -2.21. The fourth-order valence-electron chi connectivity index (χ4n) is 1.23. The van der Waals surface area contributed by atoms with Gasteiger partial charge in [-0.05, 0) is 27.2 Å². The van der Waals surface area contributed by atoms with Crippen molar-refractivity contribution in [2.24, 2.45) is 4.99 Å². The molecule has 0 heterocycles. The van der Waals surface area contributed by atoms with Gasteiger partial charge in [0.25, 0.3) is 0 Å². The van der Waals surface area contributed by atoms with Crippen LogP contribution in [-0.2, 0) is 4.79 Å². The van der Waals surface area contributed by atoms with Gasteiger partial charge in [-0.25, -0.2) is 0 Å². The van der Waals surface area contributed by atoms with Gasteiger partial charge in [-0.1, -0.05) is 13.3 Å². The maximum Gasteiger partial charge on any atom is 0.239 e. The molecule has 0 fully saturated rings. The molecule has 0 unspecified atom stereocenters. The predicted octanol–water partition coefficient (Wildman–Crippen LogP) is 0.866. The van der Waals surface area contributed by atoms with Gasteiger partial charge in [-0.15, -0.1) is 0 Å². The summed E-state index contributed by atoms with van der Waals surface area (Å²) >= 11 is 0. The van der Waals surface area contributed by atoms with E-state index < -0.39 is 0 Å². The van der Waals surface area contributed by atoms with Crippen LogP contribution in [-0.4, -0.2) is 37.5 Å². The van der Waals surface area contributed by atoms with Gasteiger partial charge in [0.2, 0.25) is 5.91 Å². The molecule has 100 valence electrons. The molecular weight excluding hydrogens is 216 g/mol. The summed E-state index contributed by atoms with van der Waals surface area (Å²) in [5, 5.41) is 9.01. The minimum Gasteiger partial charge on any atom is -0.356 e. The number of hydrogen-bond acceptors (Lipinski definition) is 2. The third-order valence-electron chi connectivity index (χ3n) is 1.98. The second-order valence-corrected chi connectivity index (χ2v) is 5.00. The first-order chi connectivity index (χ1) is 7.89. The molecule has 0 bridgehead atoms. The van der Waals surface area contributed by atoms with E-state index in [-0.39, 0.29) is 18.0 Å². The predicted molar refractivity (Wildman–Crippen MR) is 72.2 cm³/mol. The van der Waals surface area contributed by atoms with Gasteiger partial charge in [0.15, 0.2) is 5.96 Å². The molecule has 5 heteroatoms. The van der Waals surface area contributed by atoms with Crippen LogP contribution in [0.5, 0.6) is 0 Å². The van der Waals surface area contributed by atoms with Crippen LogP contribution in [0.3, 0.4) is 0 Å². The summed E-state index contributed by atoms with van der Waals surface area (Å²) in [6, 6.07) is 0. The molecule has 0 saturated heterocycles. The fraction of sp³-hybridized carbons (Fsp3) is 0.833. The molecule has 0 saturated carbocycles. The van der Waals surface area contributed by atoms with Crippen LogP contribution in [0, 0.1) is 0 Å². The number of carbonyl (C=O) groups is 1. The van der Waals surface area contributed by atoms with Crippen LogP contribution in [0.4, 0.5) is 0 Å². The molecule has 0 aromatic heterocycles. The van der Waals surface area contributed by atoms with Crippen molar-refractivity contribution in [1.82, 2.24) is 16.0 Å². The molecule has 0 rings (SSSR count). The first-order valence-electron chi connectivity index (χ1n) is 6.14. The molecule has 5 nitrogen and oxygen atoms in total. The highest BCUT2D eigenvalue weighted by Crippen LogP contribution is 1.96. The molecule has 0 atom stereocenters. The Kier molecular flexibility index (Phi) is 7.34. The molecule has 0 aliphatic rings. The Balaban J connectivity index is 3.87. The second kappa shape index (κ2) is 7.92. The third kappa shape index (κ3) is 9.66. The van der Waals surface area contributed by atoms with Gasteiger partial charge in [-0.3, -0.25) is 9.79 Å². The number of nitrogens with one attached hydrogen (secondary N) is 3. The van der Waals surface area contributed by atoms with Crippen LogP contribution in [0.2, 0.25) is 0 Å². The maximum atomic E-state index is 11.6. The summed E-state index contributed by atoms with van der Waals surface area (Å²) in [4.78, 5) is 15.6. The van der Waals surface area contributed by atoms with E-state index >= 15 is 0 Å². The van der Waals surface area contributed by atoms with Gasteiger partial charge in [0.1, 0.15) is 0 Å². The lowest BCUT2D eigenvalue weighted by atomic mass is 10.1. The number of unbranched alkanes of at least 4 members (excludes halogenated alkanes) is 1. The average Bonchev–Trinajstić information content (AvgIpc) is 2.20. The Morgan fingerprint density at radius 3 is 2.35 bits per heavy atom. The van der Waals surface area contributed by atoms with Crippen molar-refractivity contribution in [2.45, 2.75) is 46.1 Å². The molecule has 17 heavy (non-hydrogen) atoms. The second-order valence-electron chi connectivity index (χ2n) is 5.00.